The van der Waals surface area contributed by atoms with E-state index in [1.807, 2.05) is 18.2 Å². The summed E-state index contributed by atoms with van der Waals surface area (Å²) in [6, 6.07) is 6.13. The minimum Gasteiger partial charge on any atom is -0.369 e. The molecule has 0 bridgehead atoms. The maximum atomic E-state index is 11.3. The summed E-state index contributed by atoms with van der Waals surface area (Å²) in [6.45, 7) is 3.58. The zero-order valence-corrected chi connectivity index (χ0v) is 11.2. The quantitative estimate of drug-likeness (QED) is 0.541. The summed E-state index contributed by atoms with van der Waals surface area (Å²) in [5.74, 6) is 5.75. The molecule has 6 nitrogen and oxygen atoms in total. The molecule has 0 aliphatic carbocycles. The lowest BCUT2D eigenvalue weighted by molar-refractivity contribution is -0.124. The van der Waals surface area contributed by atoms with E-state index in [4.69, 9.17) is 11.6 Å². The van der Waals surface area contributed by atoms with Gasteiger partial charge in [0.2, 0.25) is 5.91 Å². The number of nitrogen functional groups attached to an aromatic ring is 1. The van der Waals surface area contributed by atoms with Crippen molar-refractivity contribution in [1.29, 1.82) is 0 Å². The molecule has 0 aromatic carbocycles. The first-order chi connectivity index (χ1) is 9.10. The number of nitrogens with two attached hydrogens (primary N) is 2. The average molecular weight is 263 g/mol. The number of likely N-dealkylation sites (tertiary alicyclic amines) is 1. The second-order valence-electron chi connectivity index (χ2n) is 5.11. The number of carbonyl (C=O) groups is 1. The van der Waals surface area contributed by atoms with Crippen LogP contribution in [-0.2, 0) is 11.3 Å². The fourth-order valence-corrected chi connectivity index (χ4v) is 2.49. The number of nitrogens with zero attached hydrogens (tertiary/aromatic N) is 2. The zero-order valence-electron chi connectivity index (χ0n) is 11.2. The van der Waals surface area contributed by atoms with Gasteiger partial charge in [0.1, 0.15) is 5.82 Å². The van der Waals surface area contributed by atoms with Gasteiger partial charge in [-0.3, -0.25) is 9.69 Å². The second-order valence-corrected chi connectivity index (χ2v) is 5.11. The van der Waals surface area contributed by atoms with Crippen molar-refractivity contribution in [2.45, 2.75) is 32.4 Å². The van der Waals surface area contributed by atoms with E-state index < -0.39 is 0 Å². The van der Waals surface area contributed by atoms with Crippen molar-refractivity contribution >= 4 is 11.7 Å². The van der Waals surface area contributed by atoms with Crippen LogP contribution >= 0.6 is 0 Å². The van der Waals surface area contributed by atoms with Crippen LogP contribution in [0.1, 0.15) is 25.5 Å². The van der Waals surface area contributed by atoms with Crippen LogP contribution in [0.3, 0.4) is 0 Å². The molecule has 1 aromatic heterocycles. The fraction of sp³-hybridized carbons (Fsp3) is 0.538. The van der Waals surface area contributed by atoms with Crippen LogP contribution in [0.15, 0.2) is 18.2 Å². The number of piperidine rings is 1. The molecule has 1 aliphatic heterocycles. The Balaban J connectivity index is 2.05. The number of aromatic nitrogens is 1. The molecule has 1 fully saturated rings. The van der Waals surface area contributed by atoms with Crippen LogP contribution in [0.2, 0.25) is 0 Å². The Bertz CT molecular complexity index is 450. The van der Waals surface area contributed by atoms with Crippen molar-refractivity contribution < 1.29 is 4.79 Å². The molecule has 2 rings (SSSR count). The van der Waals surface area contributed by atoms with Gasteiger partial charge in [-0.15, -0.1) is 0 Å². The molecule has 1 aliphatic rings. The van der Waals surface area contributed by atoms with Crippen molar-refractivity contribution in [3.8, 4) is 0 Å². The summed E-state index contributed by atoms with van der Waals surface area (Å²) >= 11 is 0. The Morgan fingerprint density at radius 2 is 2.32 bits per heavy atom. The lowest BCUT2D eigenvalue weighted by Gasteiger charge is -2.36. The van der Waals surface area contributed by atoms with Crippen molar-refractivity contribution in [1.82, 2.24) is 9.88 Å². The van der Waals surface area contributed by atoms with Gasteiger partial charge >= 0.3 is 0 Å². The predicted octanol–water partition coefficient (Wildman–Crippen LogP) is 0.453. The molecule has 2 heterocycles. The fourth-order valence-electron chi connectivity index (χ4n) is 2.49. The maximum Gasteiger partial charge on any atom is 0.221 e. The molecule has 1 saturated heterocycles. The average Bonchev–Trinajstić information content (AvgIpc) is 2.41. The van der Waals surface area contributed by atoms with Crippen LogP contribution in [0.4, 0.5) is 5.82 Å². The molecular formula is C13H21N5O. The molecule has 0 spiro atoms. The zero-order chi connectivity index (χ0) is 13.8. The molecular weight excluding hydrogens is 242 g/mol. The first kappa shape index (κ1) is 13.8. The Morgan fingerprint density at radius 1 is 1.53 bits per heavy atom. The number of hydrogen-bond donors (Lipinski definition) is 3. The van der Waals surface area contributed by atoms with E-state index in [1.165, 1.54) is 0 Å². The Hall–Kier alpha value is -1.66. The number of primary amides is 1. The third-order valence-electron chi connectivity index (χ3n) is 3.73. The first-order valence-electron chi connectivity index (χ1n) is 6.56. The largest absolute Gasteiger partial charge is 0.369 e. The predicted molar refractivity (Wildman–Crippen MR) is 73.8 cm³/mol. The van der Waals surface area contributed by atoms with Gasteiger partial charge in [-0.2, -0.15) is 0 Å². The number of carbonyl (C=O) groups excluding carboxylic acids is 1. The molecule has 2 atom stereocenters. The van der Waals surface area contributed by atoms with Crippen LogP contribution in [-0.4, -0.2) is 28.4 Å². The Morgan fingerprint density at radius 3 is 3.00 bits per heavy atom. The van der Waals surface area contributed by atoms with Crippen LogP contribution in [0.25, 0.3) is 0 Å². The lowest BCUT2D eigenvalue weighted by Crippen LogP contribution is -2.45. The molecule has 0 radical (unpaired) electrons. The smallest absolute Gasteiger partial charge is 0.221 e. The number of hydrazine groups is 1. The Kier molecular flexibility index (Phi) is 4.34. The molecule has 104 valence electrons. The van der Waals surface area contributed by atoms with Crippen LogP contribution < -0.4 is 17.0 Å². The van der Waals surface area contributed by atoms with Crippen LogP contribution in [0, 0.1) is 5.92 Å². The Labute approximate surface area is 113 Å². The highest BCUT2D eigenvalue weighted by Gasteiger charge is 2.28. The summed E-state index contributed by atoms with van der Waals surface area (Å²) in [7, 11) is 0. The third kappa shape index (κ3) is 3.42. The summed E-state index contributed by atoms with van der Waals surface area (Å²) in [5, 5.41) is 0. The highest BCUT2D eigenvalue weighted by molar-refractivity contribution is 5.76. The first-order valence-corrected chi connectivity index (χ1v) is 6.56. The van der Waals surface area contributed by atoms with Crippen molar-refractivity contribution in [2.24, 2.45) is 17.5 Å². The van der Waals surface area contributed by atoms with E-state index >= 15 is 0 Å². The number of hydrogen-bond acceptors (Lipinski definition) is 5. The highest BCUT2D eigenvalue weighted by Crippen LogP contribution is 2.23. The van der Waals surface area contributed by atoms with Crippen molar-refractivity contribution in [3.05, 3.63) is 23.9 Å². The molecule has 0 saturated carbocycles. The van der Waals surface area contributed by atoms with Gasteiger partial charge in [0.25, 0.3) is 0 Å². The van der Waals surface area contributed by atoms with Gasteiger partial charge in [0, 0.05) is 19.1 Å². The normalized spacial score (nSPS) is 24.1. The minimum atomic E-state index is -0.206. The maximum absolute atomic E-state index is 11.3. The molecule has 5 N–H and O–H groups in total. The topological polar surface area (TPSA) is 97.3 Å². The molecule has 1 aromatic rings. The summed E-state index contributed by atoms with van der Waals surface area (Å²) < 4.78 is 0. The summed E-state index contributed by atoms with van der Waals surface area (Å²) in [4.78, 5) is 18.0. The highest BCUT2D eigenvalue weighted by atomic mass is 16.1. The van der Waals surface area contributed by atoms with Crippen molar-refractivity contribution in [3.63, 3.8) is 0 Å². The number of rotatable bonds is 4. The van der Waals surface area contributed by atoms with Crippen molar-refractivity contribution in [2.75, 3.05) is 12.0 Å². The number of amides is 1. The van der Waals surface area contributed by atoms with Gasteiger partial charge in [-0.1, -0.05) is 6.07 Å². The van der Waals surface area contributed by atoms with Gasteiger partial charge in [0.05, 0.1) is 11.6 Å². The minimum absolute atomic E-state index is 0.0491. The molecule has 2 unspecified atom stereocenters. The number of nitrogens with one attached hydrogen (secondary N) is 1. The van der Waals surface area contributed by atoms with Crippen LogP contribution in [0.5, 0.6) is 0 Å². The van der Waals surface area contributed by atoms with E-state index in [0.29, 0.717) is 24.9 Å². The number of pyridine rings is 1. The van der Waals surface area contributed by atoms with E-state index in [-0.39, 0.29) is 11.8 Å². The van der Waals surface area contributed by atoms with E-state index in [2.05, 4.69) is 22.2 Å². The standard InChI is InChI=1S/C13H21N5O/c1-9-5-6-10(13(14)19)7-18(9)8-11-3-2-4-12(16-11)17-15/h2-4,9-10H,5-8,15H2,1H3,(H2,14,19)(H,16,17). The second kappa shape index (κ2) is 5.99. The number of anilines is 1. The summed E-state index contributed by atoms with van der Waals surface area (Å²) in [6.07, 6.45) is 1.87. The summed E-state index contributed by atoms with van der Waals surface area (Å²) in [5.41, 5.74) is 8.88. The van der Waals surface area contributed by atoms with E-state index in [0.717, 1.165) is 18.5 Å². The molecule has 1 amide bonds. The third-order valence-corrected chi connectivity index (χ3v) is 3.73. The van der Waals surface area contributed by atoms with Gasteiger partial charge in [0.15, 0.2) is 0 Å². The molecule has 6 heteroatoms. The van der Waals surface area contributed by atoms with Gasteiger partial charge < -0.3 is 11.2 Å². The SMILES string of the molecule is CC1CCC(C(N)=O)CN1Cc1cccc(NN)n1. The molecule has 19 heavy (non-hydrogen) atoms. The lowest BCUT2D eigenvalue weighted by atomic mass is 9.93. The van der Waals surface area contributed by atoms with Gasteiger partial charge in [-0.25, -0.2) is 10.8 Å². The van der Waals surface area contributed by atoms with E-state index in [9.17, 15) is 4.79 Å². The monoisotopic (exact) mass is 263 g/mol. The van der Waals surface area contributed by atoms with E-state index in [1.54, 1.807) is 0 Å². The van der Waals surface area contributed by atoms with Gasteiger partial charge in [-0.05, 0) is 31.9 Å².